The van der Waals surface area contributed by atoms with Crippen LogP contribution in [0.3, 0.4) is 0 Å². The SMILES string of the molecule is CCC(CC)(c1cc2c(-c3ccc(C(C)C)cc3)cccc2[cH-]1)c1cc2c(-c3ccc(C(C)C)cc3)cccc2[cH-]1.[CH3-].[CH3-].[Hf+4]. The molecule has 6 aromatic carbocycles. The minimum Gasteiger partial charge on any atom is -0.358 e. The topological polar surface area (TPSA) is 0 Å². The molecule has 0 atom stereocenters. The quantitative estimate of drug-likeness (QED) is 0.108. The normalized spacial score (nSPS) is 11.5. The average molecular weight is 743 g/mol. The molecule has 0 nitrogen and oxygen atoms in total. The van der Waals surface area contributed by atoms with Gasteiger partial charge in [0.1, 0.15) is 0 Å². The molecule has 6 rings (SSSR count). The molecular formula is C43H48Hf. The second-order valence-electron chi connectivity index (χ2n) is 12.4. The molecule has 0 aliphatic rings. The zero-order valence-corrected chi connectivity index (χ0v) is 31.6. The Hall–Kier alpha value is -3.03. The second-order valence-corrected chi connectivity index (χ2v) is 12.4. The summed E-state index contributed by atoms with van der Waals surface area (Å²) in [7, 11) is 0. The number of rotatable bonds is 8. The summed E-state index contributed by atoms with van der Waals surface area (Å²) in [5.41, 5.74) is 10.8. The Morgan fingerprint density at radius 3 is 1.23 bits per heavy atom. The van der Waals surface area contributed by atoms with Crippen LogP contribution in [-0.4, -0.2) is 0 Å². The molecule has 0 saturated heterocycles. The van der Waals surface area contributed by atoms with Gasteiger partial charge in [-0.25, -0.2) is 0 Å². The van der Waals surface area contributed by atoms with Gasteiger partial charge in [0.15, 0.2) is 0 Å². The maximum atomic E-state index is 2.48. The van der Waals surface area contributed by atoms with Crippen molar-refractivity contribution in [2.24, 2.45) is 0 Å². The van der Waals surface area contributed by atoms with Crippen molar-refractivity contribution in [3.05, 3.63) is 146 Å². The molecular weight excluding hydrogens is 695 g/mol. The number of hydrogen-bond donors (Lipinski definition) is 0. The third kappa shape index (κ3) is 6.23. The molecule has 6 aromatic rings. The minimum absolute atomic E-state index is 0. The van der Waals surface area contributed by atoms with Gasteiger partial charge < -0.3 is 14.9 Å². The Bertz CT molecular complexity index is 1650. The van der Waals surface area contributed by atoms with Crippen LogP contribution in [0.15, 0.2) is 109 Å². The molecule has 44 heavy (non-hydrogen) atoms. The Kier molecular flexibility index (Phi) is 11.6. The van der Waals surface area contributed by atoms with Gasteiger partial charge in [-0.05, 0) is 52.3 Å². The third-order valence-electron chi connectivity index (χ3n) is 9.59. The van der Waals surface area contributed by atoms with Crippen LogP contribution < -0.4 is 0 Å². The first-order chi connectivity index (χ1) is 19.8. The van der Waals surface area contributed by atoms with Crippen LogP contribution in [0.4, 0.5) is 0 Å². The molecule has 0 fully saturated rings. The van der Waals surface area contributed by atoms with E-state index in [9.17, 15) is 0 Å². The molecule has 0 bridgehead atoms. The smallest absolute Gasteiger partial charge is 0.358 e. The number of fused-ring (bicyclic) bond motifs is 2. The van der Waals surface area contributed by atoms with Crippen LogP contribution in [0.5, 0.6) is 0 Å². The minimum atomic E-state index is -0.0322. The summed E-state index contributed by atoms with van der Waals surface area (Å²) in [6.45, 7) is 13.7. The summed E-state index contributed by atoms with van der Waals surface area (Å²) >= 11 is 0. The van der Waals surface area contributed by atoms with Gasteiger partial charge in [-0.3, -0.25) is 0 Å². The van der Waals surface area contributed by atoms with E-state index in [1.54, 1.807) is 0 Å². The monoisotopic (exact) mass is 744 g/mol. The van der Waals surface area contributed by atoms with E-state index in [0.717, 1.165) is 12.8 Å². The summed E-state index contributed by atoms with van der Waals surface area (Å²) in [6, 6.07) is 41.7. The van der Waals surface area contributed by atoms with E-state index in [2.05, 4.69) is 151 Å². The Labute approximate surface area is 286 Å². The van der Waals surface area contributed by atoms with Gasteiger partial charge in [-0.1, -0.05) is 113 Å². The van der Waals surface area contributed by atoms with Gasteiger partial charge in [0, 0.05) is 0 Å². The van der Waals surface area contributed by atoms with Crippen molar-refractivity contribution in [2.75, 3.05) is 0 Å². The van der Waals surface area contributed by atoms with Crippen molar-refractivity contribution in [1.29, 1.82) is 0 Å². The van der Waals surface area contributed by atoms with Crippen LogP contribution in [0.2, 0.25) is 0 Å². The first-order valence-corrected chi connectivity index (χ1v) is 15.4. The van der Waals surface area contributed by atoms with Gasteiger partial charge >= 0.3 is 25.8 Å². The molecule has 0 radical (unpaired) electrons. The molecule has 0 saturated carbocycles. The second kappa shape index (κ2) is 14.4. The summed E-state index contributed by atoms with van der Waals surface area (Å²) in [4.78, 5) is 0. The van der Waals surface area contributed by atoms with Crippen LogP contribution in [0, 0.1) is 14.9 Å². The average Bonchev–Trinajstić information content (AvgIpc) is 3.63. The zero-order valence-electron chi connectivity index (χ0n) is 28.0. The summed E-state index contributed by atoms with van der Waals surface area (Å²) < 4.78 is 0. The molecule has 0 N–H and O–H groups in total. The molecule has 0 aliphatic carbocycles. The van der Waals surface area contributed by atoms with Crippen LogP contribution in [-0.2, 0) is 31.3 Å². The molecule has 1 heteroatoms. The number of hydrogen-bond acceptors (Lipinski definition) is 0. The van der Waals surface area contributed by atoms with Crippen LogP contribution in [0.25, 0.3) is 43.8 Å². The van der Waals surface area contributed by atoms with Crippen molar-refractivity contribution < 1.29 is 25.8 Å². The van der Waals surface area contributed by atoms with Gasteiger partial charge in [0.2, 0.25) is 0 Å². The summed E-state index contributed by atoms with van der Waals surface area (Å²) in [5, 5.41) is 5.37. The van der Waals surface area contributed by atoms with Gasteiger partial charge in [-0.2, -0.15) is 12.1 Å². The van der Waals surface area contributed by atoms with E-state index in [4.69, 9.17) is 0 Å². The van der Waals surface area contributed by atoms with E-state index in [1.165, 1.54) is 66.1 Å². The number of benzene rings is 4. The van der Waals surface area contributed by atoms with E-state index >= 15 is 0 Å². The van der Waals surface area contributed by atoms with Crippen molar-refractivity contribution >= 4 is 21.5 Å². The van der Waals surface area contributed by atoms with Crippen LogP contribution >= 0.6 is 0 Å². The van der Waals surface area contributed by atoms with E-state index in [1.807, 2.05) is 0 Å². The molecule has 0 unspecified atom stereocenters. The predicted octanol–water partition coefficient (Wildman–Crippen LogP) is 13.0. The molecule has 224 valence electrons. The molecule has 0 aliphatic heterocycles. The zero-order chi connectivity index (χ0) is 28.7. The van der Waals surface area contributed by atoms with Crippen molar-refractivity contribution in [1.82, 2.24) is 0 Å². The van der Waals surface area contributed by atoms with E-state index < -0.39 is 0 Å². The Morgan fingerprint density at radius 2 is 0.909 bits per heavy atom. The fraction of sp³-hybridized carbons (Fsp3) is 0.256. The van der Waals surface area contributed by atoms with Gasteiger partial charge in [-0.15, -0.1) is 69.1 Å². The van der Waals surface area contributed by atoms with Gasteiger partial charge in [0.05, 0.1) is 0 Å². The third-order valence-corrected chi connectivity index (χ3v) is 9.59. The van der Waals surface area contributed by atoms with Crippen LogP contribution in [0.1, 0.15) is 88.5 Å². The predicted molar refractivity (Wildman–Crippen MR) is 192 cm³/mol. The molecule has 0 heterocycles. The molecule has 0 amide bonds. The molecule has 0 spiro atoms. The van der Waals surface area contributed by atoms with Gasteiger partial charge in [0.25, 0.3) is 0 Å². The summed E-state index contributed by atoms with van der Waals surface area (Å²) in [5.74, 6) is 1.08. The van der Waals surface area contributed by atoms with Crippen molar-refractivity contribution in [3.8, 4) is 22.3 Å². The first-order valence-electron chi connectivity index (χ1n) is 15.4. The van der Waals surface area contributed by atoms with Crippen molar-refractivity contribution in [2.45, 2.75) is 71.6 Å². The maximum Gasteiger partial charge on any atom is 4.00 e. The van der Waals surface area contributed by atoms with E-state index in [-0.39, 0.29) is 46.1 Å². The first kappa shape index (κ1) is 35.4. The summed E-state index contributed by atoms with van der Waals surface area (Å²) in [6.07, 6.45) is 2.12. The maximum absolute atomic E-state index is 2.48. The standard InChI is InChI=1S/C41H42.2CH3.Hf/c1-7-41(8-2,35-23-33-11-9-13-37(39(33)25-35)31-19-15-29(16-20-31)27(3)4)36-24-34-12-10-14-38(40(34)26-36)32-21-17-30(18-22-32)28(5)6;;;/h9-28H,7-8H2,1-6H3;2*1H3;/q-2;2*-1;+4. The van der Waals surface area contributed by atoms with Crippen molar-refractivity contribution in [3.63, 3.8) is 0 Å². The fourth-order valence-corrected chi connectivity index (χ4v) is 6.85. The molecule has 0 aromatic heterocycles. The Morgan fingerprint density at radius 1 is 0.545 bits per heavy atom. The largest absolute Gasteiger partial charge is 4.00 e. The fourth-order valence-electron chi connectivity index (χ4n) is 6.85. The Balaban J connectivity index is 0.00000176. The van der Waals surface area contributed by atoms with E-state index in [0.29, 0.717) is 11.8 Å².